The average molecular weight is 387 g/mol. The number of nitrogen functional groups attached to an aromatic ring is 1. The zero-order valence-electron chi connectivity index (χ0n) is 13.0. The van der Waals surface area contributed by atoms with E-state index in [0.29, 0.717) is 9.79 Å². The zero-order chi connectivity index (χ0) is 19.2. The molecule has 134 valence electrons. The number of anilines is 2. The molecule has 0 aliphatic rings. The molecular formula is C15H16F2N3O3PS. The van der Waals surface area contributed by atoms with Crippen LogP contribution in [0.25, 0.3) is 0 Å². The van der Waals surface area contributed by atoms with Gasteiger partial charge in [-0.05, 0) is 30.3 Å². The lowest BCUT2D eigenvalue weighted by Crippen LogP contribution is -2.03. The van der Waals surface area contributed by atoms with Crippen LogP contribution in [0.15, 0.2) is 40.1 Å². The molecular weight excluding hydrogens is 371 g/mol. The molecule has 0 bridgehead atoms. The number of nitriles is 1. The molecule has 0 heterocycles. The van der Waals surface area contributed by atoms with Crippen molar-refractivity contribution in [1.82, 2.24) is 0 Å². The fourth-order valence-electron chi connectivity index (χ4n) is 1.82. The number of aliphatic hydroxyl groups excluding tert-OH is 1. The van der Waals surface area contributed by atoms with Gasteiger partial charge in [-0.15, -0.1) is 0 Å². The lowest BCUT2D eigenvalue weighted by atomic mass is 10.1. The van der Waals surface area contributed by atoms with Gasteiger partial charge >= 0.3 is 0 Å². The van der Waals surface area contributed by atoms with Gasteiger partial charge in [0, 0.05) is 22.5 Å². The van der Waals surface area contributed by atoms with Crippen LogP contribution < -0.4 is 11.2 Å². The molecule has 1 atom stereocenters. The number of hydrogen-bond acceptors (Lipinski definition) is 7. The van der Waals surface area contributed by atoms with Crippen molar-refractivity contribution in [1.29, 1.82) is 5.26 Å². The van der Waals surface area contributed by atoms with E-state index in [9.17, 15) is 13.9 Å². The van der Waals surface area contributed by atoms with Crippen LogP contribution in [0.4, 0.5) is 20.2 Å². The highest BCUT2D eigenvalue weighted by atomic mass is 32.2. The van der Waals surface area contributed by atoms with Crippen LogP contribution >= 0.6 is 21.0 Å². The molecule has 1 unspecified atom stereocenters. The molecule has 0 saturated carbocycles. The molecule has 2 aromatic rings. The van der Waals surface area contributed by atoms with Gasteiger partial charge in [-0.1, -0.05) is 21.0 Å². The van der Waals surface area contributed by atoms with Gasteiger partial charge in [0.05, 0.1) is 17.3 Å². The standard InChI is InChI=1S/C14H12F2N3O2PS.CH4O/c15-14(16,22)8-1-7(6-17)2-9(3-8)23-10-4-11(18)13(20)12(5-10)19-21;1-2/h1-5,19-21H,18,22H2;2H,1H3. The molecule has 2 aromatic carbocycles. The molecule has 0 amide bonds. The summed E-state index contributed by atoms with van der Waals surface area (Å²) < 4.78 is 26.9. The fourth-order valence-corrected chi connectivity index (χ4v) is 3.00. The highest BCUT2D eigenvalue weighted by Gasteiger charge is 2.25. The van der Waals surface area contributed by atoms with Crippen LogP contribution in [0.1, 0.15) is 11.1 Å². The largest absolute Gasteiger partial charge is 0.504 e. The van der Waals surface area contributed by atoms with E-state index < -0.39 is 5.66 Å². The first-order chi connectivity index (χ1) is 11.7. The number of halogens is 2. The van der Waals surface area contributed by atoms with Gasteiger partial charge in [-0.25, -0.2) is 0 Å². The summed E-state index contributed by atoms with van der Waals surface area (Å²) in [5.41, 5.74) is 4.05. The third kappa shape index (κ3) is 5.44. The maximum atomic E-state index is 13.5. The van der Waals surface area contributed by atoms with Crippen molar-refractivity contribution in [2.24, 2.45) is 0 Å². The summed E-state index contributed by atoms with van der Waals surface area (Å²) in [6, 6.07) is 8.49. The monoisotopic (exact) mass is 387 g/mol. The molecule has 0 spiro atoms. The minimum absolute atomic E-state index is 0.0134. The maximum Gasteiger partial charge on any atom is 0.283 e. The minimum atomic E-state index is -3.16. The number of phenols is 1. The van der Waals surface area contributed by atoms with Crippen LogP contribution in [0.5, 0.6) is 5.75 Å². The van der Waals surface area contributed by atoms with Crippen LogP contribution in [0.3, 0.4) is 0 Å². The van der Waals surface area contributed by atoms with Crippen LogP contribution in [0.2, 0.25) is 0 Å². The van der Waals surface area contributed by atoms with Crippen molar-refractivity contribution >= 4 is 32.4 Å². The van der Waals surface area contributed by atoms with E-state index in [1.807, 2.05) is 6.07 Å². The molecule has 6 nitrogen and oxygen atoms in total. The lowest BCUT2D eigenvalue weighted by Gasteiger charge is -2.13. The Balaban J connectivity index is 0.00000151. The first kappa shape index (κ1) is 20.9. The van der Waals surface area contributed by atoms with Gasteiger partial charge in [0.25, 0.3) is 5.66 Å². The van der Waals surface area contributed by atoms with Crippen molar-refractivity contribution < 1.29 is 24.2 Å². The summed E-state index contributed by atoms with van der Waals surface area (Å²) in [6.07, 6.45) is 0. The van der Waals surface area contributed by atoms with E-state index in [1.54, 1.807) is 5.48 Å². The number of nitrogens with two attached hydrogens (primary N) is 1. The molecule has 0 radical (unpaired) electrons. The predicted molar refractivity (Wildman–Crippen MR) is 95.0 cm³/mol. The Morgan fingerprint density at radius 2 is 1.80 bits per heavy atom. The Bertz CT molecular complexity index is 795. The normalized spacial score (nSPS) is 10.4. The van der Waals surface area contributed by atoms with Crippen LogP contribution in [-0.2, 0) is 5.66 Å². The summed E-state index contributed by atoms with van der Waals surface area (Å²) in [5.74, 6) is -0.320. The average Bonchev–Trinajstić information content (AvgIpc) is 2.58. The molecule has 2 rings (SSSR count). The van der Waals surface area contributed by atoms with Gasteiger partial charge in [0.1, 0.15) is 5.69 Å². The number of aromatic hydroxyl groups is 1. The Morgan fingerprint density at radius 1 is 1.20 bits per heavy atom. The third-order valence-corrected chi connectivity index (χ3v) is 4.17. The van der Waals surface area contributed by atoms with Gasteiger partial charge in [0.15, 0.2) is 5.75 Å². The fraction of sp³-hybridized carbons (Fsp3) is 0.133. The van der Waals surface area contributed by atoms with E-state index in [0.717, 1.165) is 24.9 Å². The number of nitrogens with zero attached hydrogens (tertiary/aromatic N) is 1. The molecule has 10 heteroatoms. The molecule has 0 aliphatic heterocycles. The second kappa shape index (κ2) is 8.83. The van der Waals surface area contributed by atoms with E-state index in [4.69, 9.17) is 21.3 Å². The highest BCUT2D eigenvalue weighted by Crippen LogP contribution is 2.41. The second-order valence-corrected chi connectivity index (χ2v) is 6.48. The van der Waals surface area contributed by atoms with Crippen LogP contribution in [0, 0.1) is 11.3 Å². The zero-order valence-corrected chi connectivity index (χ0v) is 15.0. The van der Waals surface area contributed by atoms with Crippen LogP contribution in [-0.4, -0.2) is 22.5 Å². The summed E-state index contributed by atoms with van der Waals surface area (Å²) in [6.45, 7) is 0. The predicted octanol–water partition coefficient (Wildman–Crippen LogP) is 3.33. The van der Waals surface area contributed by atoms with E-state index in [-0.39, 0.29) is 28.3 Å². The Morgan fingerprint density at radius 3 is 2.32 bits per heavy atom. The lowest BCUT2D eigenvalue weighted by molar-refractivity contribution is 0.104. The number of nitrogens with one attached hydrogen (secondary N) is 1. The first-order valence-corrected chi connectivity index (χ1v) is 8.01. The number of benzene rings is 2. The van der Waals surface area contributed by atoms with Gasteiger partial charge in [-0.3, -0.25) is 10.7 Å². The topological polar surface area (TPSA) is 123 Å². The smallest absolute Gasteiger partial charge is 0.283 e. The Hall–Kier alpha value is -2.11. The Labute approximate surface area is 149 Å². The van der Waals surface area contributed by atoms with Crippen molar-refractivity contribution in [3.63, 3.8) is 0 Å². The second-order valence-electron chi connectivity index (χ2n) is 4.60. The van der Waals surface area contributed by atoms with Crippen molar-refractivity contribution in [2.75, 3.05) is 18.3 Å². The van der Waals surface area contributed by atoms with E-state index in [2.05, 4.69) is 0 Å². The maximum absolute atomic E-state index is 13.5. The third-order valence-electron chi connectivity index (χ3n) is 2.89. The van der Waals surface area contributed by atoms with Crippen molar-refractivity contribution in [2.45, 2.75) is 15.5 Å². The van der Waals surface area contributed by atoms with Gasteiger partial charge in [0.2, 0.25) is 0 Å². The molecule has 0 aliphatic carbocycles. The minimum Gasteiger partial charge on any atom is -0.504 e. The van der Waals surface area contributed by atoms with E-state index in [1.165, 1.54) is 33.5 Å². The SMILES string of the molecule is CO.N#Cc1cc(Sc2cc(N)c(O)c(NO)c2)cc(C(F)(F)P)c1. The molecule has 25 heavy (non-hydrogen) atoms. The van der Waals surface area contributed by atoms with Gasteiger partial charge in [-0.2, -0.15) is 14.0 Å². The summed E-state index contributed by atoms with van der Waals surface area (Å²) in [4.78, 5) is 0.889. The quantitative estimate of drug-likeness (QED) is 0.236. The first-order valence-electron chi connectivity index (χ1n) is 6.62. The molecule has 0 saturated heterocycles. The number of aliphatic hydroxyl groups is 1. The highest BCUT2D eigenvalue weighted by molar-refractivity contribution is 7.99. The van der Waals surface area contributed by atoms with E-state index >= 15 is 0 Å². The summed E-state index contributed by atoms with van der Waals surface area (Å²) >= 11 is 1.06. The molecule has 0 fully saturated rings. The number of phenolic OH excluding ortho intramolecular Hbond substituents is 1. The number of alkyl halides is 2. The van der Waals surface area contributed by atoms with Gasteiger partial charge < -0.3 is 15.9 Å². The number of hydrogen-bond donors (Lipinski definition) is 5. The Kier molecular flexibility index (Phi) is 7.39. The van der Waals surface area contributed by atoms with Crippen molar-refractivity contribution in [3.8, 4) is 11.8 Å². The van der Waals surface area contributed by atoms with Crippen molar-refractivity contribution in [3.05, 3.63) is 41.5 Å². The summed E-state index contributed by atoms with van der Waals surface area (Å²) in [7, 11) is 2.43. The molecule has 0 aromatic heterocycles. The molecule has 6 N–H and O–H groups in total. The summed E-state index contributed by atoms with van der Waals surface area (Å²) in [5, 5.41) is 34.5. The number of rotatable bonds is 4.